The molecule has 1 aromatic heterocycles. The summed E-state index contributed by atoms with van der Waals surface area (Å²) in [5.74, 6) is 0.358. The lowest BCUT2D eigenvalue weighted by atomic mass is 9.99. The molecule has 2 aliphatic rings. The van der Waals surface area contributed by atoms with Crippen molar-refractivity contribution in [1.82, 2.24) is 14.4 Å². The van der Waals surface area contributed by atoms with E-state index in [0.29, 0.717) is 43.2 Å². The van der Waals surface area contributed by atoms with Gasteiger partial charge in [-0.1, -0.05) is 5.16 Å². The van der Waals surface area contributed by atoms with Gasteiger partial charge >= 0.3 is 0 Å². The third kappa shape index (κ3) is 4.83. The number of rotatable bonds is 6. The SMILES string of the molecule is Cc1noc(C)c1S(=O)(=O)N1CCC(N(CCN)C2CCOCC2)CC1.Cl. The Bertz CT molecular complexity index is 678. The number of sulfonamides is 1. The molecule has 2 fully saturated rings. The molecule has 2 saturated heterocycles. The molecule has 0 bridgehead atoms. The fraction of sp³-hybridized carbons (Fsp3) is 0.824. The molecule has 0 atom stereocenters. The number of piperidine rings is 1. The van der Waals surface area contributed by atoms with E-state index in [1.165, 1.54) is 0 Å². The molecule has 0 amide bonds. The fourth-order valence-corrected chi connectivity index (χ4v) is 5.98. The average molecular weight is 423 g/mol. The summed E-state index contributed by atoms with van der Waals surface area (Å²) >= 11 is 0. The van der Waals surface area contributed by atoms with Crippen molar-refractivity contribution in [3.8, 4) is 0 Å². The maximum Gasteiger partial charge on any atom is 0.248 e. The Hall–Kier alpha value is -0.710. The summed E-state index contributed by atoms with van der Waals surface area (Å²) in [7, 11) is -3.55. The first kappa shape index (κ1) is 22.6. The zero-order valence-electron chi connectivity index (χ0n) is 16.1. The molecule has 0 unspecified atom stereocenters. The second-order valence-corrected chi connectivity index (χ2v) is 9.03. The molecule has 0 aliphatic carbocycles. The van der Waals surface area contributed by atoms with E-state index in [1.54, 1.807) is 18.2 Å². The third-order valence-corrected chi connectivity index (χ3v) is 7.65. The molecule has 0 radical (unpaired) electrons. The molecular weight excluding hydrogens is 392 g/mol. The lowest BCUT2D eigenvalue weighted by Gasteiger charge is -2.43. The van der Waals surface area contributed by atoms with Crippen LogP contribution in [0.25, 0.3) is 0 Å². The molecule has 0 aromatic carbocycles. The van der Waals surface area contributed by atoms with Gasteiger partial charge in [0.05, 0.1) is 0 Å². The minimum atomic E-state index is -3.55. The van der Waals surface area contributed by atoms with Crippen LogP contribution in [0.3, 0.4) is 0 Å². The molecule has 8 nitrogen and oxygen atoms in total. The van der Waals surface area contributed by atoms with Crippen LogP contribution >= 0.6 is 12.4 Å². The topological polar surface area (TPSA) is 102 Å². The van der Waals surface area contributed by atoms with Crippen LogP contribution in [0.1, 0.15) is 37.1 Å². The van der Waals surface area contributed by atoms with Crippen molar-refractivity contribution in [3.63, 3.8) is 0 Å². The van der Waals surface area contributed by atoms with Gasteiger partial charge in [-0.25, -0.2) is 8.42 Å². The number of aromatic nitrogens is 1. The van der Waals surface area contributed by atoms with Gasteiger partial charge in [-0.2, -0.15) is 4.31 Å². The van der Waals surface area contributed by atoms with Crippen LogP contribution < -0.4 is 5.73 Å². The van der Waals surface area contributed by atoms with Crippen molar-refractivity contribution in [1.29, 1.82) is 0 Å². The molecule has 10 heteroatoms. The Morgan fingerprint density at radius 3 is 2.26 bits per heavy atom. The van der Waals surface area contributed by atoms with Gasteiger partial charge in [0.25, 0.3) is 0 Å². The smallest absolute Gasteiger partial charge is 0.248 e. The first-order valence-corrected chi connectivity index (χ1v) is 10.9. The highest BCUT2D eigenvalue weighted by Gasteiger charge is 2.36. The molecule has 3 heterocycles. The van der Waals surface area contributed by atoms with Crippen molar-refractivity contribution >= 4 is 22.4 Å². The summed E-state index contributed by atoms with van der Waals surface area (Å²) in [5, 5.41) is 3.79. The standard InChI is InChI=1S/C17H30N4O4S.ClH/c1-13-17(14(2)25-19-13)26(22,23)20-8-3-15(4-9-20)21(10-7-18)16-5-11-24-12-6-16;/h15-16H,3-12,18H2,1-2H3;1H. The van der Waals surface area contributed by atoms with Crippen LogP contribution in [0.4, 0.5) is 0 Å². The molecule has 2 aliphatic heterocycles. The predicted octanol–water partition coefficient (Wildman–Crippen LogP) is 1.31. The number of hydrogen-bond acceptors (Lipinski definition) is 7. The lowest BCUT2D eigenvalue weighted by molar-refractivity contribution is 0.00838. The van der Waals surface area contributed by atoms with Crippen molar-refractivity contribution < 1.29 is 17.7 Å². The van der Waals surface area contributed by atoms with E-state index in [2.05, 4.69) is 10.1 Å². The monoisotopic (exact) mass is 422 g/mol. The quantitative estimate of drug-likeness (QED) is 0.737. The Balaban J connectivity index is 0.00000261. The molecular formula is C17H31ClN4O4S. The van der Waals surface area contributed by atoms with E-state index in [1.807, 2.05) is 0 Å². The van der Waals surface area contributed by atoms with E-state index >= 15 is 0 Å². The Morgan fingerprint density at radius 2 is 1.74 bits per heavy atom. The van der Waals surface area contributed by atoms with Gasteiger partial charge in [0.15, 0.2) is 5.76 Å². The van der Waals surface area contributed by atoms with E-state index in [-0.39, 0.29) is 17.3 Å². The zero-order chi connectivity index (χ0) is 18.7. The molecule has 27 heavy (non-hydrogen) atoms. The fourth-order valence-electron chi connectivity index (χ4n) is 4.22. The minimum Gasteiger partial charge on any atom is -0.381 e. The van der Waals surface area contributed by atoms with E-state index in [9.17, 15) is 8.42 Å². The van der Waals surface area contributed by atoms with Crippen molar-refractivity contribution in [2.24, 2.45) is 5.73 Å². The second-order valence-electron chi connectivity index (χ2n) is 7.16. The average Bonchev–Trinajstić information content (AvgIpc) is 2.99. The lowest BCUT2D eigenvalue weighted by Crippen LogP contribution is -2.52. The summed E-state index contributed by atoms with van der Waals surface area (Å²) in [6, 6.07) is 0.862. The summed E-state index contributed by atoms with van der Waals surface area (Å²) in [5.41, 5.74) is 6.27. The largest absolute Gasteiger partial charge is 0.381 e. The predicted molar refractivity (Wildman–Crippen MR) is 105 cm³/mol. The maximum absolute atomic E-state index is 13.0. The highest BCUT2D eigenvalue weighted by Crippen LogP contribution is 2.29. The summed E-state index contributed by atoms with van der Waals surface area (Å²) in [4.78, 5) is 2.71. The van der Waals surface area contributed by atoms with Crippen molar-refractivity contribution in [2.75, 3.05) is 39.4 Å². The van der Waals surface area contributed by atoms with Gasteiger partial charge in [-0.15, -0.1) is 12.4 Å². The Kier molecular flexibility index (Phi) is 8.08. The van der Waals surface area contributed by atoms with Gasteiger partial charge < -0.3 is 15.0 Å². The number of aryl methyl sites for hydroxylation is 2. The number of ether oxygens (including phenoxy) is 1. The van der Waals surface area contributed by atoms with Gasteiger partial charge in [0.1, 0.15) is 10.6 Å². The highest BCUT2D eigenvalue weighted by molar-refractivity contribution is 7.89. The Labute approximate surface area is 167 Å². The maximum atomic E-state index is 13.0. The normalized spacial score (nSPS) is 20.7. The van der Waals surface area contributed by atoms with Crippen molar-refractivity contribution in [3.05, 3.63) is 11.5 Å². The number of hydrogen-bond donors (Lipinski definition) is 1. The van der Waals surface area contributed by atoms with Gasteiger partial charge in [-0.3, -0.25) is 4.90 Å². The van der Waals surface area contributed by atoms with Gasteiger partial charge in [0, 0.05) is 51.5 Å². The summed E-state index contributed by atoms with van der Waals surface area (Å²) in [6.07, 6.45) is 3.69. The number of halogens is 1. The zero-order valence-corrected chi connectivity index (χ0v) is 17.7. The van der Waals surface area contributed by atoms with Crippen LogP contribution in [-0.2, 0) is 14.8 Å². The van der Waals surface area contributed by atoms with Gasteiger partial charge in [0.2, 0.25) is 10.0 Å². The van der Waals surface area contributed by atoms with E-state index in [4.69, 9.17) is 15.0 Å². The van der Waals surface area contributed by atoms with E-state index < -0.39 is 10.0 Å². The number of nitrogens with zero attached hydrogens (tertiary/aromatic N) is 3. The first-order chi connectivity index (χ1) is 12.4. The highest BCUT2D eigenvalue weighted by atomic mass is 35.5. The summed E-state index contributed by atoms with van der Waals surface area (Å²) in [6.45, 7) is 7.41. The molecule has 3 rings (SSSR count). The van der Waals surface area contributed by atoms with Crippen LogP contribution in [0.5, 0.6) is 0 Å². The Morgan fingerprint density at radius 1 is 1.15 bits per heavy atom. The molecule has 156 valence electrons. The molecule has 0 saturated carbocycles. The first-order valence-electron chi connectivity index (χ1n) is 9.41. The van der Waals surface area contributed by atoms with Gasteiger partial charge in [-0.05, 0) is 39.5 Å². The second kappa shape index (κ2) is 9.67. The summed E-state index contributed by atoms with van der Waals surface area (Å²) < 4.78 is 38.0. The number of nitrogens with two attached hydrogens (primary N) is 1. The minimum absolute atomic E-state index is 0. The van der Waals surface area contributed by atoms with Crippen LogP contribution in [0.2, 0.25) is 0 Å². The van der Waals surface area contributed by atoms with Crippen LogP contribution in [0.15, 0.2) is 9.42 Å². The van der Waals surface area contributed by atoms with Crippen molar-refractivity contribution in [2.45, 2.75) is 56.5 Å². The molecule has 1 aromatic rings. The third-order valence-electron chi connectivity index (χ3n) is 5.51. The van der Waals surface area contributed by atoms with E-state index in [0.717, 1.165) is 45.4 Å². The van der Waals surface area contributed by atoms with Crippen LogP contribution in [-0.4, -0.2) is 74.3 Å². The van der Waals surface area contributed by atoms with Crippen LogP contribution in [0, 0.1) is 13.8 Å². The molecule has 0 spiro atoms. The molecule has 2 N–H and O–H groups in total.